The lowest BCUT2D eigenvalue weighted by Gasteiger charge is -2.20. The molecule has 0 aromatic heterocycles. The molecule has 100 valence electrons. The van der Waals surface area contributed by atoms with Crippen molar-refractivity contribution in [2.45, 2.75) is 37.3 Å². The van der Waals surface area contributed by atoms with Crippen LogP contribution in [-0.2, 0) is 10.8 Å². The number of benzene rings is 1. The number of hydrogen-bond acceptors (Lipinski definition) is 2. The molecule has 0 aliphatic carbocycles. The molecule has 0 aliphatic heterocycles. The van der Waals surface area contributed by atoms with Crippen LogP contribution in [0.15, 0.2) is 23.1 Å². The van der Waals surface area contributed by atoms with E-state index in [2.05, 4.69) is 5.32 Å². The molecule has 0 saturated heterocycles. The lowest BCUT2D eigenvalue weighted by atomic mass is 10.2. The maximum absolute atomic E-state index is 13.8. The average molecular weight is 271 g/mol. The van der Waals surface area contributed by atoms with Crippen molar-refractivity contribution in [3.8, 4) is 0 Å². The molecule has 0 bridgehead atoms. The first-order valence-electron chi connectivity index (χ1n) is 5.77. The fraction of sp³-hybridized carbons (Fsp3) is 0.462. The molecule has 1 atom stereocenters. The van der Waals surface area contributed by atoms with E-state index < -0.39 is 27.3 Å². The Balaban J connectivity index is 3.33. The Hall–Kier alpha value is -1.23. The van der Waals surface area contributed by atoms with Crippen molar-refractivity contribution in [1.29, 1.82) is 0 Å². The second kappa shape index (κ2) is 5.61. The van der Waals surface area contributed by atoms with Crippen molar-refractivity contribution in [2.24, 2.45) is 0 Å². The van der Waals surface area contributed by atoms with Crippen molar-refractivity contribution in [3.05, 3.63) is 29.6 Å². The van der Waals surface area contributed by atoms with Gasteiger partial charge in [-0.1, -0.05) is 6.07 Å². The summed E-state index contributed by atoms with van der Waals surface area (Å²) in [7, 11) is -1.45. The van der Waals surface area contributed by atoms with Gasteiger partial charge in [-0.3, -0.25) is 9.00 Å². The molecular formula is C13H18FNO2S. The summed E-state index contributed by atoms with van der Waals surface area (Å²) in [5, 5.41) is 2.54. The first kappa shape index (κ1) is 14.8. The van der Waals surface area contributed by atoms with E-state index in [0.717, 1.165) is 0 Å². The van der Waals surface area contributed by atoms with Crippen LogP contribution < -0.4 is 5.32 Å². The topological polar surface area (TPSA) is 46.2 Å². The third kappa shape index (κ3) is 3.16. The smallest absolute Gasteiger partial charge is 0.255 e. The van der Waals surface area contributed by atoms with E-state index in [1.54, 1.807) is 27.7 Å². The number of halogens is 1. The lowest BCUT2D eigenvalue weighted by Crippen LogP contribution is -2.28. The maximum Gasteiger partial charge on any atom is 0.255 e. The van der Waals surface area contributed by atoms with E-state index >= 15 is 0 Å². The first-order valence-corrected chi connectivity index (χ1v) is 6.92. The van der Waals surface area contributed by atoms with Gasteiger partial charge in [0, 0.05) is 11.3 Å². The molecule has 1 aromatic rings. The number of carbonyl (C=O) groups is 1. The minimum absolute atomic E-state index is 0.118. The fourth-order valence-electron chi connectivity index (χ4n) is 1.46. The highest BCUT2D eigenvalue weighted by molar-refractivity contribution is 7.86. The molecule has 1 N–H and O–H groups in total. The Kier molecular flexibility index (Phi) is 4.62. The molecule has 1 amide bonds. The molecule has 1 rings (SSSR count). The molecule has 0 radical (unpaired) electrons. The van der Waals surface area contributed by atoms with Crippen LogP contribution in [0.25, 0.3) is 0 Å². The molecule has 0 saturated carbocycles. The number of amides is 1. The molecule has 3 nitrogen and oxygen atoms in total. The average Bonchev–Trinajstić information content (AvgIpc) is 2.26. The van der Waals surface area contributed by atoms with E-state index in [0.29, 0.717) is 6.54 Å². The van der Waals surface area contributed by atoms with Gasteiger partial charge in [-0.15, -0.1) is 0 Å². The van der Waals surface area contributed by atoms with Crippen molar-refractivity contribution in [1.82, 2.24) is 5.32 Å². The maximum atomic E-state index is 13.8. The van der Waals surface area contributed by atoms with Crippen LogP contribution in [0, 0.1) is 5.82 Å². The molecule has 5 heteroatoms. The Morgan fingerprint density at radius 3 is 2.50 bits per heavy atom. The van der Waals surface area contributed by atoms with Gasteiger partial charge in [0.15, 0.2) is 0 Å². The van der Waals surface area contributed by atoms with Crippen molar-refractivity contribution in [3.63, 3.8) is 0 Å². The van der Waals surface area contributed by atoms with Crippen LogP contribution in [0.4, 0.5) is 4.39 Å². The highest BCUT2D eigenvalue weighted by atomic mass is 32.2. The molecule has 0 fully saturated rings. The van der Waals surface area contributed by atoms with E-state index in [-0.39, 0.29) is 10.5 Å². The van der Waals surface area contributed by atoms with Crippen LogP contribution in [0.5, 0.6) is 0 Å². The fourth-order valence-corrected chi connectivity index (χ4v) is 2.70. The summed E-state index contributed by atoms with van der Waals surface area (Å²) in [6.07, 6.45) is 0. The van der Waals surface area contributed by atoms with Crippen LogP contribution in [-0.4, -0.2) is 21.4 Å². The quantitative estimate of drug-likeness (QED) is 0.918. The number of rotatable bonds is 3. The van der Waals surface area contributed by atoms with Gasteiger partial charge in [0.1, 0.15) is 5.82 Å². The second-order valence-electron chi connectivity index (χ2n) is 4.85. The van der Waals surface area contributed by atoms with Gasteiger partial charge in [-0.05, 0) is 39.8 Å². The molecule has 18 heavy (non-hydrogen) atoms. The van der Waals surface area contributed by atoms with Crippen LogP contribution in [0.3, 0.4) is 0 Å². The second-order valence-corrected chi connectivity index (χ2v) is 7.06. The third-order valence-electron chi connectivity index (χ3n) is 2.30. The first-order chi connectivity index (χ1) is 8.29. The Labute approximate surface area is 109 Å². The van der Waals surface area contributed by atoms with Crippen LogP contribution in [0.1, 0.15) is 38.1 Å². The summed E-state index contributed by atoms with van der Waals surface area (Å²) in [6, 6.07) is 4.21. The molecule has 0 spiro atoms. The van der Waals surface area contributed by atoms with Crippen molar-refractivity contribution in [2.75, 3.05) is 6.54 Å². The van der Waals surface area contributed by atoms with Crippen LogP contribution >= 0.6 is 0 Å². The molecule has 1 unspecified atom stereocenters. The van der Waals surface area contributed by atoms with Crippen LogP contribution in [0.2, 0.25) is 0 Å². The van der Waals surface area contributed by atoms with E-state index in [4.69, 9.17) is 0 Å². The summed E-state index contributed by atoms with van der Waals surface area (Å²) in [6.45, 7) is 7.51. The Morgan fingerprint density at radius 2 is 2.00 bits per heavy atom. The normalized spacial score (nSPS) is 13.2. The largest absolute Gasteiger partial charge is 0.352 e. The molecule has 0 heterocycles. The summed E-state index contributed by atoms with van der Waals surface area (Å²) in [4.78, 5) is 12.1. The monoisotopic (exact) mass is 271 g/mol. The van der Waals surface area contributed by atoms with Gasteiger partial charge in [0.2, 0.25) is 0 Å². The third-order valence-corrected chi connectivity index (χ3v) is 4.15. The van der Waals surface area contributed by atoms with E-state index in [9.17, 15) is 13.4 Å². The summed E-state index contributed by atoms with van der Waals surface area (Å²) in [5.41, 5.74) is -0.118. The minimum Gasteiger partial charge on any atom is -0.352 e. The summed E-state index contributed by atoms with van der Waals surface area (Å²) >= 11 is 0. The van der Waals surface area contributed by atoms with Gasteiger partial charge < -0.3 is 5.32 Å². The highest BCUT2D eigenvalue weighted by Gasteiger charge is 2.27. The molecule has 1 aromatic carbocycles. The number of nitrogens with one attached hydrogen (secondary N) is 1. The van der Waals surface area contributed by atoms with E-state index in [1.165, 1.54) is 18.2 Å². The van der Waals surface area contributed by atoms with Crippen molar-refractivity contribution < 1.29 is 13.4 Å². The zero-order valence-corrected chi connectivity index (χ0v) is 11.9. The lowest BCUT2D eigenvalue weighted by molar-refractivity contribution is 0.0948. The Bertz CT molecular complexity index is 480. The van der Waals surface area contributed by atoms with E-state index in [1.807, 2.05) is 0 Å². The highest BCUT2D eigenvalue weighted by Crippen LogP contribution is 2.25. The molecule has 0 aliphatic rings. The van der Waals surface area contributed by atoms with Gasteiger partial charge in [-0.25, -0.2) is 4.39 Å². The van der Waals surface area contributed by atoms with Gasteiger partial charge >= 0.3 is 0 Å². The summed E-state index contributed by atoms with van der Waals surface area (Å²) < 4.78 is 25.5. The number of carbonyl (C=O) groups excluding carboxylic acids is 1. The zero-order valence-electron chi connectivity index (χ0n) is 11.0. The Morgan fingerprint density at radius 1 is 1.39 bits per heavy atom. The van der Waals surface area contributed by atoms with Crippen molar-refractivity contribution >= 4 is 16.7 Å². The van der Waals surface area contributed by atoms with Gasteiger partial charge in [0.05, 0.1) is 21.3 Å². The SMILES string of the molecule is CCNC(=O)c1c(F)cccc1S(=O)C(C)(C)C. The van der Waals surface area contributed by atoms with Gasteiger partial charge in [-0.2, -0.15) is 0 Å². The minimum atomic E-state index is -1.45. The predicted molar refractivity (Wildman–Crippen MR) is 70.6 cm³/mol. The van der Waals surface area contributed by atoms with Gasteiger partial charge in [0.25, 0.3) is 5.91 Å². The summed E-state index contributed by atoms with van der Waals surface area (Å²) in [5.74, 6) is -1.17. The standard InChI is InChI=1S/C13H18FNO2S/c1-5-15-12(16)11-9(14)7-6-8-10(11)18(17)13(2,3)4/h6-8H,5H2,1-4H3,(H,15,16). The zero-order chi connectivity index (χ0) is 13.9. The number of hydrogen-bond donors (Lipinski definition) is 1. The molecular weight excluding hydrogens is 253 g/mol. The predicted octanol–water partition coefficient (Wildman–Crippen LogP) is 2.48.